The van der Waals surface area contributed by atoms with Gasteiger partial charge in [0.05, 0.1) is 10.2 Å². The van der Waals surface area contributed by atoms with E-state index in [-0.39, 0.29) is 24.4 Å². The maximum absolute atomic E-state index is 13.5. The van der Waals surface area contributed by atoms with Crippen molar-refractivity contribution in [3.8, 4) is 0 Å². The Morgan fingerprint density at radius 1 is 1.15 bits per heavy atom. The number of rotatable bonds is 8. The summed E-state index contributed by atoms with van der Waals surface area (Å²) in [6.45, 7) is 9.41. The van der Waals surface area contributed by atoms with Crippen molar-refractivity contribution < 1.29 is 9.59 Å². The number of aromatic nitrogens is 1. The van der Waals surface area contributed by atoms with Crippen LogP contribution in [-0.2, 0) is 17.8 Å². The Morgan fingerprint density at radius 2 is 1.91 bits per heavy atom. The molecule has 3 aromatic rings. The first-order chi connectivity index (χ1) is 16.4. The van der Waals surface area contributed by atoms with Crippen LogP contribution >= 0.6 is 11.3 Å². The Morgan fingerprint density at radius 3 is 2.62 bits per heavy atom. The monoisotopic (exact) mass is 479 g/mol. The molecule has 1 aliphatic carbocycles. The minimum Gasteiger partial charge on any atom is -0.348 e. The highest BCUT2D eigenvalue weighted by atomic mass is 32.1. The van der Waals surface area contributed by atoms with E-state index >= 15 is 0 Å². The molecule has 0 atom stereocenters. The molecule has 182 valence electrons. The molecule has 1 fully saturated rings. The minimum atomic E-state index is -0.0715. The fourth-order valence-corrected chi connectivity index (χ4v) is 5.87. The van der Waals surface area contributed by atoms with Gasteiger partial charge in [-0.1, -0.05) is 32.9 Å². The zero-order valence-electron chi connectivity index (χ0n) is 20.8. The highest BCUT2D eigenvalue weighted by Gasteiger charge is 2.25. The zero-order chi connectivity index (χ0) is 24.2. The summed E-state index contributed by atoms with van der Waals surface area (Å²) < 4.78 is 2.94. The van der Waals surface area contributed by atoms with Crippen molar-refractivity contribution in [1.82, 2.24) is 9.88 Å². The lowest BCUT2D eigenvalue weighted by Gasteiger charge is -2.27. The lowest BCUT2D eigenvalue weighted by Crippen LogP contribution is -2.39. The Kier molecular flexibility index (Phi) is 7.77. The second-order valence-corrected chi connectivity index (χ2v) is 11.1. The molecule has 2 amide bonds. The van der Waals surface area contributed by atoms with Gasteiger partial charge in [-0.3, -0.25) is 9.59 Å². The molecule has 1 N–H and O–H groups in total. The summed E-state index contributed by atoms with van der Waals surface area (Å²) in [4.78, 5) is 28.6. The number of carbonyl (C=O) groups is 2. The number of thiophene rings is 1. The Labute approximate surface area is 207 Å². The predicted molar refractivity (Wildman–Crippen MR) is 142 cm³/mol. The number of anilines is 1. The van der Waals surface area contributed by atoms with Crippen LogP contribution in [-0.4, -0.2) is 29.0 Å². The van der Waals surface area contributed by atoms with Crippen molar-refractivity contribution in [2.45, 2.75) is 72.4 Å². The topological polar surface area (TPSA) is 54.3 Å². The number of fused-ring (bicyclic) bond motifs is 1. The van der Waals surface area contributed by atoms with Crippen molar-refractivity contribution in [3.63, 3.8) is 0 Å². The van der Waals surface area contributed by atoms with E-state index in [1.807, 2.05) is 46.0 Å². The molecule has 2 heterocycles. The third-order valence-corrected chi connectivity index (χ3v) is 7.74. The molecule has 6 heteroatoms. The highest BCUT2D eigenvalue weighted by molar-refractivity contribution is 7.17. The third kappa shape index (κ3) is 5.54. The largest absolute Gasteiger partial charge is 0.348 e. The highest BCUT2D eigenvalue weighted by Crippen LogP contribution is 2.28. The fraction of sp³-hybridized carbons (Fsp3) is 0.500. The summed E-state index contributed by atoms with van der Waals surface area (Å²) in [6, 6.07) is 12.4. The molecule has 0 aliphatic heterocycles. The lowest BCUT2D eigenvalue weighted by atomic mass is 9.87. The van der Waals surface area contributed by atoms with Gasteiger partial charge in [-0.2, -0.15) is 0 Å². The normalized spacial score (nSPS) is 18.4. The van der Waals surface area contributed by atoms with E-state index in [0.29, 0.717) is 18.2 Å². The minimum absolute atomic E-state index is 0.00608. The van der Waals surface area contributed by atoms with E-state index in [2.05, 4.69) is 38.2 Å². The molecule has 0 bridgehead atoms. The number of hydrogen-bond donors (Lipinski definition) is 1. The maximum atomic E-state index is 13.5. The number of benzene rings is 1. The number of carbonyl (C=O) groups excluding carboxylic acids is 2. The first-order valence-electron chi connectivity index (χ1n) is 12.6. The molecular formula is C28H37N3O2S. The molecule has 0 saturated heterocycles. The van der Waals surface area contributed by atoms with Gasteiger partial charge in [0.1, 0.15) is 12.2 Å². The van der Waals surface area contributed by atoms with Crippen molar-refractivity contribution >= 4 is 39.1 Å². The maximum Gasteiger partial charge on any atom is 0.268 e. The third-order valence-electron chi connectivity index (χ3n) is 6.88. The van der Waals surface area contributed by atoms with Crippen molar-refractivity contribution in [2.24, 2.45) is 11.8 Å². The molecule has 1 aromatic carbocycles. The van der Waals surface area contributed by atoms with Crippen LogP contribution in [0.5, 0.6) is 0 Å². The predicted octanol–water partition coefficient (Wildman–Crippen LogP) is 6.26. The lowest BCUT2D eigenvalue weighted by molar-refractivity contribution is -0.119. The Bertz CT molecular complexity index is 1140. The summed E-state index contributed by atoms with van der Waals surface area (Å²) in [6.07, 6.45) is 5.34. The molecule has 0 spiro atoms. The van der Waals surface area contributed by atoms with E-state index in [9.17, 15) is 9.59 Å². The molecule has 0 radical (unpaired) electrons. The van der Waals surface area contributed by atoms with E-state index < -0.39 is 0 Å². The average Bonchev–Trinajstić information content (AvgIpc) is 3.38. The van der Waals surface area contributed by atoms with Gasteiger partial charge >= 0.3 is 0 Å². The van der Waals surface area contributed by atoms with Gasteiger partial charge in [0.15, 0.2) is 0 Å². The smallest absolute Gasteiger partial charge is 0.268 e. The average molecular weight is 480 g/mol. The van der Waals surface area contributed by atoms with E-state index in [1.54, 1.807) is 11.3 Å². The standard InChI is InChI=1S/C28H37N3O2S/c1-5-30(23-8-6-7-21(16-23)15-19(2)3)27(32)18-31-24-13-14-34-26(24)17-25(31)28(33)29-22-11-9-20(4)10-12-22/h6-8,13-14,16-17,19-20,22H,5,9-12,15,18H2,1-4H3,(H,29,33). The van der Waals surface area contributed by atoms with Gasteiger partial charge in [-0.15, -0.1) is 11.3 Å². The van der Waals surface area contributed by atoms with Gasteiger partial charge < -0.3 is 14.8 Å². The van der Waals surface area contributed by atoms with E-state index in [4.69, 9.17) is 0 Å². The van der Waals surface area contributed by atoms with Crippen LogP contribution in [0, 0.1) is 11.8 Å². The molecule has 1 aliphatic rings. The van der Waals surface area contributed by atoms with Crippen LogP contribution in [0.25, 0.3) is 10.2 Å². The summed E-state index contributed by atoms with van der Waals surface area (Å²) in [5.41, 5.74) is 3.69. The fourth-order valence-electron chi connectivity index (χ4n) is 5.05. The van der Waals surface area contributed by atoms with Gasteiger partial charge in [0.2, 0.25) is 5.91 Å². The van der Waals surface area contributed by atoms with Crippen LogP contribution in [0.15, 0.2) is 41.8 Å². The van der Waals surface area contributed by atoms with Crippen LogP contribution in [0.2, 0.25) is 0 Å². The molecule has 4 rings (SSSR count). The van der Waals surface area contributed by atoms with E-state index in [1.165, 1.54) is 5.56 Å². The molecular weight excluding hydrogens is 442 g/mol. The van der Waals surface area contributed by atoms with Gasteiger partial charge in [0, 0.05) is 18.3 Å². The first kappa shape index (κ1) is 24.5. The molecule has 1 saturated carbocycles. The van der Waals surface area contributed by atoms with Crippen molar-refractivity contribution in [3.05, 3.63) is 53.0 Å². The van der Waals surface area contributed by atoms with Gasteiger partial charge in [0.25, 0.3) is 5.91 Å². The Balaban J connectivity index is 1.55. The summed E-state index contributed by atoms with van der Waals surface area (Å²) in [7, 11) is 0. The second-order valence-electron chi connectivity index (χ2n) is 10.1. The van der Waals surface area contributed by atoms with Crippen molar-refractivity contribution in [2.75, 3.05) is 11.4 Å². The summed E-state index contributed by atoms with van der Waals surface area (Å²) in [5, 5.41) is 5.26. The van der Waals surface area contributed by atoms with E-state index in [0.717, 1.165) is 53.9 Å². The number of hydrogen-bond acceptors (Lipinski definition) is 3. The zero-order valence-corrected chi connectivity index (χ0v) is 21.7. The summed E-state index contributed by atoms with van der Waals surface area (Å²) in [5.74, 6) is 1.21. The summed E-state index contributed by atoms with van der Waals surface area (Å²) >= 11 is 1.61. The van der Waals surface area contributed by atoms with Gasteiger partial charge in [-0.25, -0.2) is 0 Å². The van der Waals surface area contributed by atoms with Crippen LogP contribution in [0.3, 0.4) is 0 Å². The first-order valence-corrected chi connectivity index (χ1v) is 13.5. The molecule has 34 heavy (non-hydrogen) atoms. The quantitative estimate of drug-likeness (QED) is 0.414. The number of amides is 2. The number of likely N-dealkylation sites (N-methyl/N-ethyl adjacent to an activating group) is 1. The van der Waals surface area contributed by atoms with Gasteiger partial charge in [-0.05, 0) is 86.1 Å². The number of nitrogens with one attached hydrogen (secondary N) is 1. The van der Waals surface area contributed by atoms with Crippen LogP contribution in [0.4, 0.5) is 5.69 Å². The SMILES string of the molecule is CCN(C(=O)Cn1c(C(=O)NC2CCC(C)CC2)cc2sccc21)c1cccc(CC(C)C)c1. The molecule has 0 unspecified atom stereocenters. The molecule has 5 nitrogen and oxygen atoms in total. The molecule has 2 aromatic heterocycles. The second kappa shape index (κ2) is 10.8. The van der Waals surface area contributed by atoms with Crippen LogP contribution in [0.1, 0.15) is 69.4 Å². The Hall–Kier alpha value is -2.60. The van der Waals surface area contributed by atoms with Crippen LogP contribution < -0.4 is 10.2 Å². The number of nitrogens with zero attached hydrogens (tertiary/aromatic N) is 2. The van der Waals surface area contributed by atoms with Crippen molar-refractivity contribution in [1.29, 1.82) is 0 Å².